The molecule has 2 atom stereocenters. The summed E-state index contributed by atoms with van der Waals surface area (Å²) >= 11 is 0. The Bertz CT molecular complexity index is 1670. The van der Waals surface area contributed by atoms with E-state index in [-0.39, 0.29) is 29.6 Å². The van der Waals surface area contributed by atoms with Crippen LogP contribution in [0.3, 0.4) is 0 Å². The lowest BCUT2D eigenvalue weighted by atomic mass is 9.43. The van der Waals surface area contributed by atoms with E-state index in [2.05, 4.69) is 31.0 Å². The van der Waals surface area contributed by atoms with Crippen molar-refractivity contribution in [2.24, 2.45) is 0 Å². The second-order valence-corrected chi connectivity index (χ2v) is 13.4. The molecular formula is C25H33B4F5N8O5. The van der Waals surface area contributed by atoms with Crippen molar-refractivity contribution < 1.29 is 45.6 Å². The first-order chi connectivity index (χ1) is 21.7. The van der Waals surface area contributed by atoms with Crippen LogP contribution in [0.1, 0.15) is 72.1 Å². The van der Waals surface area contributed by atoms with Crippen LogP contribution >= 0.6 is 0 Å². The summed E-state index contributed by atoms with van der Waals surface area (Å²) in [5.74, 6) is -4.14. The Labute approximate surface area is 269 Å². The topological polar surface area (TPSA) is 149 Å². The number of nitrogens with one attached hydrogen (secondary N) is 2. The SMILES string of the molecule is BC1(B)NC(=O)N(C(COC)c2cnn3cc(C(COC(C)(C)C(F)(F)F)NC(=O)c4nonc4C4CC4)nc3c2)C(B)(B)C1(F)F. The average molecular weight is 664 g/mol. The van der Waals surface area contributed by atoms with Crippen molar-refractivity contribution in [2.75, 3.05) is 20.3 Å². The Hall–Kier alpha value is -3.67. The van der Waals surface area contributed by atoms with Crippen molar-refractivity contribution >= 4 is 49.0 Å². The summed E-state index contributed by atoms with van der Waals surface area (Å²) in [6.45, 7) is 0.898. The molecule has 2 fully saturated rings. The van der Waals surface area contributed by atoms with Crippen LogP contribution in [-0.2, 0) is 9.47 Å². The number of carbonyl (C=O) groups excluding carboxylic acids is 2. The van der Waals surface area contributed by atoms with E-state index in [1.807, 2.05) is 0 Å². The maximum Gasteiger partial charge on any atom is 0.416 e. The summed E-state index contributed by atoms with van der Waals surface area (Å²) in [6, 6.07) is -1.51. The number of alkyl halides is 5. The molecule has 1 saturated carbocycles. The second kappa shape index (κ2) is 11.8. The van der Waals surface area contributed by atoms with E-state index in [1.54, 1.807) is 0 Å². The second-order valence-electron chi connectivity index (χ2n) is 13.4. The molecule has 1 saturated heterocycles. The summed E-state index contributed by atoms with van der Waals surface area (Å²) in [7, 11) is 6.39. The summed E-state index contributed by atoms with van der Waals surface area (Å²) in [5.41, 5.74) is -1.78. The molecule has 2 N–H and O–H groups in total. The van der Waals surface area contributed by atoms with Gasteiger partial charge in [0.15, 0.2) is 16.9 Å². The number of methoxy groups -OCH3 is 1. The van der Waals surface area contributed by atoms with Gasteiger partial charge < -0.3 is 25.0 Å². The largest absolute Gasteiger partial charge is 0.416 e. The number of hydrogen-bond donors (Lipinski definition) is 2. The van der Waals surface area contributed by atoms with Crippen LogP contribution in [0.5, 0.6) is 0 Å². The smallest absolute Gasteiger partial charge is 0.382 e. The van der Waals surface area contributed by atoms with Gasteiger partial charge >= 0.3 is 12.2 Å². The van der Waals surface area contributed by atoms with Gasteiger partial charge in [-0.05, 0) is 37.9 Å². The molecule has 0 aromatic carbocycles. The highest BCUT2D eigenvalue weighted by Crippen LogP contribution is 2.44. The Morgan fingerprint density at radius 1 is 1.19 bits per heavy atom. The van der Waals surface area contributed by atoms with Crippen molar-refractivity contribution in [3.63, 3.8) is 0 Å². The third kappa shape index (κ3) is 6.21. The molecule has 3 aromatic heterocycles. The maximum absolute atomic E-state index is 15.7. The van der Waals surface area contributed by atoms with Gasteiger partial charge in [-0.1, -0.05) is 5.16 Å². The van der Waals surface area contributed by atoms with Gasteiger partial charge in [-0.25, -0.2) is 27.7 Å². The molecular weight excluding hydrogens is 631 g/mol. The Balaban J connectivity index is 1.49. The number of nitrogens with zero attached hydrogens (tertiary/aromatic N) is 6. The number of halogens is 5. The van der Waals surface area contributed by atoms with Crippen LogP contribution in [0.25, 0.3) is 5.65 Å². The first-order valence-corrected chi connectivity index (χ1v) is 14.9. The summed E-state index contributed by atoms with van der Waals surface area (Å²) in [6.07, 6.45) is -0.406. The molecule has 47 heavy (non-hydrogen) atoms. The minimum Gasteiger partial charge on any atom is -0.382 e. The fourth-order valence-corrected chi connectivity index (χ4v) is 5.62. The van der Waals surface area contributed by atoms with Crippen molar-refractivity contribution in [1.82, 2.24) is 40.4 Å². The van der Waals surface area contributed by atoms with Gasteiger partial charge in [-0.15, -0.1) is 0 Å². The fourth-order valence-electron chi connectivity index (χ4n) is 5.62. The third-order valence-corrected chi connectivity index (χ3v) is 8.82. The minimum atomic E-state index is -4.72. The van der Waals surface area contributed by atoms with E-state index in [0.29, 0.717) is 11.3 Å². The van der Waals surface area contributed by atoms with Gasteiger partial charge in [-0.2, -0.15) is 18.3 Å². The lowest BCUT2D eigenvalue weighted by Crippen LogP contribution is -2.83. The fraction of sp³-hybridized carbons (Fsp3) is 0.600. The van der Waals surface area contributed by atoms with Gasteiger partial charge in [0.25, 0.3) is 11.8 Å². The van der Waals surface area contributed by atoms with E-state index in [4.69, 9.17) is 14.1 Å². The molecule has 5 rings (SSSR count). The minimum absolute atomic E-state index is 0.00305. The number of rotatable bonds is 11. The third-order valence-electron chi connectivity index (χ3n) is 8.82. The molecule has 1 aliphatic heterocycles. The number of ether oxygens (including phenoxy) is 2. The van der Waals surface area contributed by atoms with Crippen molar-refractivity contribution in [3.05, 3.63) is 41.1 Å². The summed E-state index contributed by atoms with van der Waals surface area (Å²) in [5, 5.41) is 13.0. The van der Waals surface area contributed by atoms with Gasteiger partial charge in [0, 0.05) is 29.3 Å². The van der Waals surface area contributed by atoms with Crippen LogP contribution in [0.2, 0.25) is 0 Å². The maximum atomic E-state index is 15.7. The number of fused-ring (bicyclic) bond motifs is 1. The van der Waals surface area contributed by atoms with Crippen LogP contribution in [-0.4, -0.2) is 122 Å². The molecule has 0 radical (unpaired) electrons. The molecule has 0 spiro atoms. The van der Waals surface area contributed by atoms with Gasteiger partial charge in [0.1, 0.15) is 37.1 Å². The first kappa shape index (κ1) is 34.7. The zero-order chi connectivity index (χ0) is 34.7. The van der Waals surface area contributed by atoms with E-state index in [9.17, 15) is 22.8 Å². The van der Waals surface area contributed by atoms with E-state index < -0.39 is 59.0 Å². The Morgan fingerprint density at radius 2 is 1.87 bits per heavy atom. The van der Waals surface area contributed by atoms with Gasteiger partial charge in [0.05, 0.1) is 43.4 Å². The van der Waals surface area contributed by atoms with Gasteiger partial charge in [-0.3, -0.25) is 4.79 Å². The van der Waals surface area contributed by atoms with Crippen LogP contribution < -0.4 is 10.6 Å². The van der Waals surface area contributed by atoms with E-state index >= 15 is 8.78 Å². The molecule has 4 heterocycles. The van der Waals surface area contributed by atoms with Crippen molar-refractivity contribution in [1.29, 1.82) is 0 Å². The van der Waals surface area contributed by atoms with Gasteiger partial charge in [0.2, 0.25) is 0 Å². The molecule has 3 aromatic rings. The van der Waals surface area contributed by atoms with Crippen LogP contribution in [0.4, 0.5) is 26.7 Å². The molecule has 22 heteroatoms. The number of carbonyl (C=O) groups is 2. The molecule has 0 bridgehead atoms. The highest BCUT2D eigenvalue weighted by molar-refractivity contribution is 6.48. The molecule has 2 unspecified atom stereocenters. The quantitative estimate of drug-likeness (QED) is 0.195. The summed E-state index contributed by atoms with van der Waals surface area (Å²) < 4.78 is 88.9. The highest BCUT2D eigenvalue weighted by Gasteiger charge is 2.65. The number of imidazole rings is 1. The molecule has 13 nitrogen and oxygen atoms in total. The summed E-state index contributed by atoms with van der Waals surface area (Å²) in [4.78, 5) is 32.0. The highest BCUT2D eigenvalue weighted by atomic mass is 19.4. The monoisotopic (exact) mass is 664 g/mol. The molecule has 2 aliphatic rings. The van der Waals surface area contributed by atoms with Crippen LogP contribution in [0.15, 0.2) is 23.1 Å². The first-order valence-electron chi connectivity index (χ1n) is 14.9. The lowest BCUT2D eigenvalue weighted by Gasteiger charge is -2.57. The predicted octanol–water partition coefficient (Wildman–Crippen LogP) is -0.994. The van der Waals surface area contributed by atoms with E-state index in [1.165, 1.54) is 61.5 Å². The molecule has 3 amide bonds. The van der Waals surface area contributed by atoms with Crippen molar-refractivity contribution in [3.8, 4) is 0 Å². The number of urea groups is 1. The normalized spacial score (nSPS) is 20.5. The number of hydrogen-bond acceptors (Lipinski definition) is 9. The Morgan fingerprint density at radius 3 is 2.49 bits per heavy atom. The van der Waals surface area contributed by atoms with Crippen LogP contribution in [0, 0.1) is 0 Å². The number of amides is 3. The molecule has 1 aliphatic carbocycles. The van der Waals surface area contributed by atoms with E-state index in [0.717, 1.165) is 31.6 Å². The Kier molecular flexibility index (Phi) is 8.69. The number of aromatic nitrogens is 5. The zero-order valence-electron chi connectivity index (χ0n) is 26.9. The standard InChI is InChI=1S/C25H33B4F5N8O5/c1-21(2,25(32,33)34)46-9-14(37-19(43)18-17(11-4-5-11)39-47-40-18)13-8-41-16(36-13)6-12(7-35-41)15(10-45-3)42-20(44)38-23(26,27)22(30,31)24(42,28)29/h6-8,11,14-15H,4-5,9-10,26-29H2,1-3H3,(H,37,43)(H,38,44). The zero-order valence-corrected chi connectivity index (χ0v) is 26.9. The average Bonchev–Trinajstić information content (AvgIpc) is 3.52. The lowest BCUT2D eigenvalue weighted by molar-refractivity contribution is -0.265. The predicted molar refractivity (Wildman–Crippen MR) is 165 cm³/mol. The molecule has 250 valence electrons. The van der Waals surface area contributed by atoms with Crippen molar-refractivity contribution in [2.45, 2.75) is 73.1 Å².